The molecule has 0 aliphatic carbocycles. The number of rotatable bonds is 4. The molecule has 84 valence electrons. The molecule has 1 N–H and O–H groups in total. The Morgan fingerprint density at radius 3 is 2.94 bits per heavy atom. The fourth-order valence-electron chi connectivity index (χ4n) is 1.31. The van der Waals surface area contributed by atoms with Gasteiger partial charge in [0.2, 0.25) is 5.91 Å². The van der Waals surface area contributed by atoms with Crippen LogP contribution < -0.4 is 5.32 Å². The summed E-state index contributed by atoms with van der Waals surface area (Å²) in [5.74, 6) is 0.000859. The number of carbonyl (C=O) groups is 1. The maximum atomic E-state index is 11.3. The van der Waals surface area contributed by atoms with Crippen molar-refractivity contribution in [1.29, 1.82) is 5.26 Å². The lowest BCUT2D eigenvalue weighted by molar-refractivity contribution is -0.121. The molecule has 0 aliphatic rings. The molecule has 0 fully saturated rings. The van der Waals surface area contributed by atoms with Crippen molar-refractivity contribution in [3.05, 3.63) is 34.3 Å². The van der Waals surface area contributed by atoms with E-state index in [-0.39, 0.29) is 5.91 Å². The average Bonchev–Trinajstić information content (AvgIpc) is 2.28. The molecule has 0 aliphatic heterocycles. The van der Waals surface area contributed by atoms with Crippen molar-refractivity contribution in [2.45, 2.75) is 26.3 Å². The zero-order chi connectivity index (χ0) is 12.0. The van der Waals surface area contributed by atoms with E-state index in [1.807, 2.05) is 13.0 Å². The van der Waals surface area contributed by atoms with Gasteiger partial charge in [0.1, 0.15) is 6.07 Å². The van der Waals surface area contributed by atoms with Crippen molar-refractivity contribution >= 4 is 17.5 Å². The summed E-state index contributed by atoms with van der Waals surface area (Å²) in [6, 6.07) is 7.21. The Morgan fingerprint density at radius 1 is 1.56 bits per heavy atom. The van der Waals surface area contributed by atoms with Crippen LogP contribution in [-0.4, -0.2) is 5.91 Å². The summed E-state index contributed by atoms with van der Waals surface area (Å²) in [6.07, 6.45) is 1.33. The standard InChI is InChI=1S/C12H13ClN2O/c1-2-4-11(16)15-8-10-6-3-5-9(7-14)12(10)13/h3,5-6H,2,4,8H2,1H3,(H,15,16). The van der Waals surface area contributed by atoms with Crippen LogP contribution in [0.3, 0.4) is 0 Å². The minimum Gasteiger partial charge on any atom is -0.352 e. The Morgan fingerprint density at radius 2 is 2.31 bits per heavy atom. The first-order chi connectivity index (χ1) is 7.69. The summed E-state index contributed by atoms with van der Waals surface area (Å²) in [5, 5.41) is 12.0. The summed E-state index contributed by atoms with van der Waals surface area (Å²) in [7, 11) is 0. The normalized spacial score (nSPS) is 9.56. The Kier molecular flexibility index (Phi) is 4.81. The maximum Gasteiger partial charge on any atom is 0.220 e. The van der Waals surface area contributed by atoms with Gasteiger partial charge in [-0.3, -0.25) is 4.79 Å². The van der Waals surface area contributed by atoms with Crippen LogP contribution in [0.4, 0.5) is 0 Å². The van der Waals surface area contributed by atoms with Gasteiger partial charge in [0, 0.05) is 13.0 Å². The summed E-state index contributed by atoms with van der Waals surface area (Å²) < 4.78 is 0. The van der Waals surface area contributed by atoms with Gasteiger partial charge in [-0.2, -0.15) is 5.26 Å². The largest absolute Gasteiger partial charge is 0.352 e. The van der Waals surface area contributed by atoms with Crippen LogP contribution in [0, 0.1) is 11.3 Å². The monoisotopic (exact) mass is 236 g/mol. The summed E-state index contributed by atoms with van der Waals surface area (Å²) in [6.45, 7) is 2.32. The molecule has 0 aromatic heterocycles. The predicted octanol–water partition coefficient (Wildman–Crippen LogP) is 2.63. The van der Waals surface area contributed by atoms with E-state index in [4.69, 9.17) is 16.9 Å². The molecule has 0 bridgehead atoms. The molecular formula is C12H13ClN2O. The Balaban J connectivity index is 2.68. The van der Waals surface area contributed by atoms with E-state index < -0.39 is 0 Å². The van der Waals surface area contributed by atoms with E-state index >= 15 is 0 Å². The van der Waals surface area contributed by atoms with Crippen LogP contribution in [0.25, 0.3) is 0 Å². The van der Waals surface area contributed by atoms with Gasteiger partial charge in [0.05, 0.1) is 10.6 Å². The summed E-state index contributed by atoms with van der Waals surface area (Å²) >= 11 is 6.00. The van der Waals surface area contributed by atoms with Gasteiger partial charge in [-0.1, -0.05) is 30.7 Å². The second-order valence-electron chi connectivity index (χ2n) is 3.42. The first-order valence-electron chi connectivity index (χ1n) is 5.13. The predicted molar refractivity (Wildman–Crippen MR) is 62.9 cm³/mol. The molecule has 1 rings (SSSR count). The Hall–Kier alpha value is -1.53. The molecule has 0 radical (unpaired) electrons. The zero-order valence-electron chi connectivity index (χ0n) is 9.09. The number of nitrogens with one attached hydrogen (secondary N) is 1. The van der Waals surface area contributed by atoms with E-state index in [1.54, 1.807) is 18.2 Å². The number of nitrogens with zero attached hydrogens (tertiary/aromatic N) is 1. The van der Waals surface area contributed by atoms with Gasteiger partial charge in [0.15, 0.2) is 0 Å². The lowest BCUT2D eigenvalue weighted by atomic mass is 10.1. The molecule has 1 aromatic rings. The SMILES string of the molecule is CCCC(=O)NCc1cccc(C#N)c1Cl. The van der Waals surface area contributed by atoms with Gasteiger partial charge in [-0.15, -0.1) is 0 Å². The molecule has 0 saturated heterocycles. The van der Waals surface area contributed by atoms with Crippen LogP contribution in [0.15, 0.2) is 18.2 Å². The molecule has 0 heterocycles. The summed E-state index contributed by atoms with van der Waals surface area (Å²) in [4.78, 5) is 11.3. The number of nitriles is 1. The molecule has 4 heteroatoms. The lowest BCUT2D eigenvalue weighted by Gasteiger charge is -2.07. The highest BCUT2D eigenvalue weighted by Crippen LogP contribution is 2.20. The van der Waals surface area contributed by atoms with E-state index in [1.165, 1.54) is 0 Å². The quantitative estimate of drug-likeness (QED) is 0.874. The molecule has 1 aromatic carbocycles. The zero-order valence-corrected chi connectivity index (χ0v) is 9.84. The molecule has 0 spiro atoms. The van der Waals surface area contributed by atoms with Crippen LogP contribution in [0.1, 0.15) is 30.9 Å². The third-order valence-corrected chi connectivity index (χ3v) is 2.60. The van der Waals surface area contributed by atoms with Crippen LogP contribution in [-0.2, 0) is 11.3 Å². The molecule has 1 amide bonds. The van der Waals surface area contributed by atoms with E-state index in [0.717, 1.165) is 12.0 Å². The Bertz CT molecular complexity index is 424. The van der Waals surface area contributed by atoms with E-state index in [0.29, 0.717) is 23.6 Å². The van der Waals surface area contributed by atoms with Gasteiger partial charge in [0.25, 0.3) is 0 Å². The van der Waals surface area contributed by atoms with Crippen molar-refractivity contribution in [3.63, 3.8) is 0 Å². The molecule has 3 nitrogen and oxygen atoms in total. The lowest BCUT2D eigenvalue weighted by Crippen LogP contribution is -2.22. The van der Waals surface area contributed by atoms with Gasteiger partial charge in [-0.25, -0.2) is 0 Å². The van der Waals surface area contributed by atoms with Crippen LogP contribution >= 0.6 is 11.6 Å². The molecule has 0 unspecified atom stereocenters. The van der Waals surface area contributed by atoms with E-state index in [9.17, 15) is 4.79 Å². The molecule has 16 heavy (non-hydrogen) atoms. The number of benzene rings is 1. The third kappa shape index (κ3) is 3.25. The molecule has 0 saturated carbocycles. The highest BCUT2D eigenvalue weighted by molar-refractivity contribution is 6.32. The van der Waals surface area contributed by atoms with Crippen LogP contribution in [0.5, 0.6) is 0 Å². The number of halogens is 1. The number of amides is 1. The topological polar surface area (TPSA) is 52.9 Å². The number of carbonyl (C=O) groups excluding carboxylic acids is 1. The van der Waals surface area contributed by atoms with Gasteiger partial charge in [-0.05, 0) is 18.1 Å². The van der Waals surface area contributed by atoms with E-state index in [2.05, 4.69) is 5.32 Å². The maximum absolute atomic E-state index is 11.3. The fraction of sp³-hybridized carbons (Fsp3) is 0.333. The van der Waals surface area contributed by atoms with Crippen molar-refractivity contribution in [3.8, 4) is 6.07 Å². The highest BCUT2D eigenvalue weighted by Gasteiger charge is 2.06. The average molecular weight is 237 g/mol. The third-order valence-electron chi connectivity index (χ3n) is 2.15. The minimum absolute atomic E-state index is 0.000859. The van der Waals surface area contributed by atoms with Gasteiger partial charge < -0.3 is 5.32 Å². The van der Waals surface area contributed by atoms with Crippen molar-refractivity contribution in [1.82, 2.24) is 5.32 Å². The van der Waals surface area contributed by atoms with Crippen molar-refractivity contribution in [2.75, 3.05) is 0 Å². The van der Waals surface area contributed by atoms with Crippen molar-refractivity contribution < 1.29 is 4.79 Å². The first-order valence-corrected chi connectivity index (χ1v) is 5.51. The highest BCUT2D eigenvalue weighted by atomic mass is 35.5. The second-order valence-corrected chi connectivity index (χ2v) is 3.80. The fourth-order valence-corrected chi connectivity index (χ4v) is 1.55. The summed E-state index contributed by atoms with van der Waals surface area (Å²) in [5.41, 5.74) is 1.20. The number of hydrogen-bond donors (Lipinski definition) is 1. The second kappa shape index (κ2) is 6.14. The first kappa shape index (κ1) is 12.5. The number of hydrogen-bond acceptors (Lipinski definition) is 2. The van der Waals surface area contributed by atoms with Gasteiger partial charge >= 0.3 is 0 Å². The smallest absolute Gasteiger partial charge is 0.220 e. The van der Waals surface area contributed by atoms with Crippen LogP contribution in [0.2, 0.25) is 5.02 Å². The van der Waals surface area contributed by atoms with Crippen molar-refractivity contribution in [2.24, 2.45) is 0 Å². The minimum atomic E-state index is 0.000859. The molecule has 0 atom stereocenters. The molecular weight excluding hydrogens is 224 g/mol. The Labute approximate surface area is 100 Å².